The maximum Gasteiger partial charge on any atom is 0.242 e. The van der Waals surface area contributed by atoms with Crippen LogP contribution in [0.5, 0.6) is 0 Å². The van der Waals surface area contributed by atoms with Crippen molar-refractivity contribution in [1.29, 1.82) is 0 Å². The molecule has 0 atom stereocenters. The zero-order valence-corrected chi connectivity index (χ0v) is 12.1. The summed E-state index contributed by atoms with van der Waals surface area (Å²) >= 11 is 0. The van der Waals surface area contributed by atoms with Crippen molar-refractivity contribution in [2.24, 2.45) is 0 Å². The topological polar surface area (TPSA) is 32.3 Å². The molecular formula is C18H20N2O. The summed E-state index contributed by atoms with van der Waals surface area (Å²) in [4.78, 5) is 13.9. The number of rotatable bonds is 7. The summed E-state index contributed by atoms with van der Waals surface area (Å²) in [5, 5.41) is 5.50. The number of anilines is 1. The van der Waals surface area contributed by atoms with Gasteiger partial charge in [0.05, 0.1) is 6.54 Å². The minimum Gasteiger partial charge on any atom is -0.376 e. The maximum absolute atomic E-state index is 12.2. The van der Waals surface area contributed by atoms with E-state index in [9.17, 15) is 4.79 Å². The first kappa shape index (κ1) is 14.9. The van der Waals surface area contributed by atoms with E-state index in [4.69, 9.17) is 0 Å². The van der Waals surface area contributed by atoms with E-state index >= 15 is 0 Å². The van der Waals surface area contributed by atoms with Gasteiger partial charge in [-0.3, -0.25) is 4.79 Å². The van der Waals surface area contributed by atoms with Crippen LogP contribution in [0, 0.1) is 0 Å². The fourth-order valence-electron chi connectivity index (χ4n) is 2.25. The molecule has 1 amide bonds. The molecule has 1 N–H and O–H groups in total. The highest BCUT2D eigenvalue weighted by molar-refractivity contribution is 5.95. The van der Waals surface area contributed by atoms with Gasteiger partial charge in [0.1, 0.15) is 0 Å². The second-order valence-electron chi connectivity index (χ2n) is 4.76. The van der Waals surface area contributed by atoms with Crippen LogP contribution >= 0.6 is 0 Å². The van der Waals surface area contributed by atoms with Crippen molar-refractivity contribution in [3.63, 3.8) is 0 Å². The minimum absolute atomic E-state index is 0.0303. The van der Waals surface area contributed by atoms with E-state index in [-0.39, 0.29) is 12.5 Å². The summed E-state index contributed by atoms with van der Waals surface area (Å²) < 4.78 is 0. The molecule has 0 heterocycles. The molecule has 0 fully saturated rings. The summed E-state index contributed by atoms with van der Waals surface area (Å²) in [5.41, 5.74) is 0.971. The molecule has 0 spiro atoms. The smallest absolute Gasteiger partial charge is 0.242 e. The maximum atomic E-state index is 12.2. The standard InChI is InChI=1S/C18H20N2O/c1-3-12-20(13-4-2)18(21)14-19-17-11-7-9-15-8-5-6-10-16(15)17/h3-11,19H,1-2,12-14H2. The Morgan fingerprint density at radius 1 is 1.05 bits per heavy atom. The van der Waals surface area contributed by atoms with Crippen molar-refractivity contribution in [1.82, 2.24) is 4.90 Å². The van der Waals surface area contributed by atoms with Crippen molar-refractivity contribution in [3.05, 3.63) is 67.8 Å². The molecule has 0 aromatic heterocycles. The van der Waals surface area contributed by atoms with Crippen molar-refractivity contribution in [3.8, 4) is 0 Å². The van der Waals surface area contributed by atoms with Gasteiger partial charge in [0.25, 0.3) is 0 Å². The van der Waals surface area contributed by atoms with E-state index < -0.39 is 0 Å². The molecule has 0 saturated heterocycles. The van der Waals surface area contributed by atoms with Gasteiger partial charge in [-0.15, -0.1) is 13.2 Å². The van der Waals surface area contributed by atoms with E-state index in [1.807, 2.05) is 30.3 Å². The Balaban J connectivity index is 2.08. The lowest BCUT2D eigenvalue weighted by atomic mass is 10.1. The molecule has 3 nitrogen and oxygen atoms in total. The van der Waals surface area contributed by atoms with E-state index in [0.717, 1.165) is 16.5 Å². The van der Waals surface area contributed by atoms with E-state index in [1.54, 1.807) is 17.1 Å². The normalized spacial score (nSPS) is 10.1. The highest BCUT2D eigenvalue weighted by Crippen LogP contribution is 2.22. The van der Waals surface area contributed by atoms with Crippen LogP contribution in [0.3, 0.4) is 0 Å². The lowest BCUT2D eigenvalue weighted by Gasteiger charge is -2.20. The predicted octanol–water partition coefficient (Wildman–Crippen LogP) is 3.45. The molecule has 0 saturated carbocycles. The van der Waals surface area contributed by atoms with Gasteiger partial charge >= 0.3 is 0 Å². The highest BCUT2D eigenvalue weighted by atomic mass is 16.2. The Morgan fingerprint density at radius 2 is 1.71 bits per heavy atom. The summed E-state index contributed by atoms with van der Waals surface area (Å²) in [7, 11) is 0. The van der Waals surface area contributed by atoms with Gasteiger partial charge in [0.15, 0.2) is 0 Å². The summed E-state index contributed by atoms with van der Waals surface area (Å²) in [5.74, 6) is 0.0303. The molecule has 0 bridgehead atoms. The lowest BCUT2D eigenvalue weighted by Crippen LogP contribution is -2.35. The van der Waals surface area contributed by atoms with Gasteiger partial charge in [-0.1, -0.05) is 48.6 Å². The molecule has 2 aromatic rings. The van der Waals surface area contributed by atoms with Crippen LogP contribution in [-0.2, 0) is 4.79 Å². The fourth-order valence-corrected chi connectivity index (χ4v) is 2.25. The lowest BCUT2D eigenvalue weighted by molar-refractivity contribution is -0.128. The number of fused-ring (bicyclic) bond motifs is 1. The highest BCUT2D eigenvalue weighted by Gasteiger charge is 2.10. The Hall–Kier alpha value is -2.55. The minimum atomic E-state index is 0.0303. The summed E-state index contributed by atoms with van der Waals surface area (Å²) in [6, 6.07) is 14.1. The average Bonchev–Trinajstić information content (AvgIpc) is 2.52. The van der Waals surface area contributed by atoms with Crippen molar-refractivity contribution in [2.75, 3.05) is 25.0 Å². The molecule has 2 aromatic carbocycles. The van der Waals surface area contributed by atoms with Crippen LogP contribution < -0.4 is 5.32 Å². The van der Waals surface area contributed by atoms with Crippen LogP contribution in [0.2, 0.25) is 0 Å². The Kier molecular flexibility index (Phi) is 5.16. The predicted molar refractivity (Wildman–Crippen MR) is 89.4 cm³/mol. The van der Waals surface area contributed by atoms with Gasteiger partial charge in [-0.2, -0.15) is 0 Å². The van der Waals surface area contributed by atoms with Gasteiger partial charge in [0, 0.05) is 24.2 Å². The van der Waals surface area contributed by atoms with Crippen LogP contribution in [0.1, 0.15) is 0 Å². The third kappa shape index (κ3) is 3.72. The average molecular weight is 280 g/mol. The molecular weight excluding hydrogens is 260 g/mol. The zero-order chi connectivity index (χ0) is 15.1. The fraction of sp³-hybridized carbons (Fsp3) is 0.167. The molecule has 0 aliphatic carbocycles. The zero-order valence-electron chi connectivity index (χ0n) is 12.1. The number of carbonyl (C=O) groups excluding carboxylic acids is 1. The SMILES string of the molecule is C=CCN(CC=C)C(=O)CNc1cccc2ccccc12. The Labute approximate surface area is 125 Å². The van der Waals surface area contributed by atoms with Gasteiger partial charge in [0.2, 0.25) is 5.91 Å². The third-order valence-corrected chi connectivity index (χ3v) is 3.27. The van der Waals surface area contributed by atoms with E-state index in [1.165, 1.54) is 0 Å². The van der Waals surface area contributed by atoms with Crippen LogP contribution in [-0.4, -0.2) is 30.4 Å². The molecule has 0 unspecified atom stereocenters. The van der Waals surface area contributed by atoms with Crippen molar-refractivity contribution < 1.29 is 4.79 Å². The molecule has 2 rings (SSSR count). The molecule has 0 aliphatic rings. The first-order valence-electron chi connectivity index (χ1n) is 6.97. The summed E-state index contributed by atoms with van der Waals surface area (Å²) in [6.07, 6.45) is 3.44. The molecule has 0 aliphatic heterocycles. The third-order valence-electron chi connectivity index (χ3n) is 3.27. The quantitative estimate of drug-likeness (QED) is 0.788. The van der Waals surface area contributed by atoms with Gasteiger partial charge in [-0.25, -0.2) is 0 Å². The van der Waals surface area contributed by atoms with Gasteiger partial charge < -0.3 is 10.2 Å². The largest absolute Gasteiger partial charge is 0.376 e. The second kappa shape index (κ2) is 7.29. The Morgan fingerprint density at radius 3 is 2.43 bits per heavy atom. The van der Waals surface area contributed by atoms with E-state index in [2.05, 4.69) is 30.6 Å². The number of amides is 1. The van der Waals surface area contributed by atoms with E-state index in [0.29, 0.717) is 13.1 Å². The van der Waals surface area contributed by atoms with Crippen LogP contribution in [0.4, 0.5) is 5.69 Å². The molecule has 3 heteroatoms. The number of benzene rings is 2. The number of nitrogens with one attached hydrogen (secondary N) is 1. The number of nitrogens with zero attached hydrogens (tertiary/aromatic N) is 1. The monoisotopic (exact) mass is 280 g/mol. The molecule has 108 valence electrons. The molecule has 21 heavy (non-hydrogen) atoms. The first-order chi connectivity index (χ1) is 10.3. The Bertz CT molecular complexity index is 633. The van der Waals surface area contributed by atoms with Crippen molar-refractivity contribution >= 4 is 22.4 Å². The number of hydrogen-bond acceptors (Lipinski definition) is 2. The number of carbonyl (C=O) groups is 1. The summed E-state index contributed by atoms with van der Waals surface area (Å²) in [6.45, 7) is 8.67. The van der Waals surface area contributed by atoms with Gasteiger partial charge in [-0.05, 0) is 11.5 Å². The van der Waals surface area contributed by atoms with Crippen LogP contribution in [0.25, 0.3) is 10.8 Å². The van der Waals surface area contributed by atoms with Crippen molar-refractivity contribution in [2.45, 2.75) is 0 Å². The van der Waals surface area contributed by atoms with Crippen LogP contribution in [0.15, 0.2) is 67.8 Å². The second-order valence-corrected chi connectivity index (χ2v) is 4.76. The number of hydrogen-bond donors (Lipinski definition) is 1. The first-order valence-corrected chi connectivity index (χ1v) is 6.97. The molecule has 0 radical (unpaired) electrons.